The first kappa shape index (κ1) is 20.5. The minimum absolute atomic E-state index is 0.00390. The number of aromatic nitrogens is 1. The lowest BCUT2D eigenvalue weighted by molar-refractivity contribution is 0.112. The third kappa shape index (κ3) is 4.27. The number of pyridine rings is 1. The van der Waals surface area contributed by atoms with E-state index in [4.69, 9.17) is 5.73 Å². The third-order valence-corrected chi connectivity index (χ3v) is 5.65. The zero-order valence-electron chi connectivity index (χ0n) is 16.3. The maximum Gasteiger partial charge on any atom is 0.150 e. The van der Waals surface area contributed by atoms with Crippen LogP contribution in [0.1, 0.15) is 34.3 Å². The summed E-state index contributed by atoms with van der Waals surface area (Å²) in [5.41, 5.74) is 9.08. The van der Waals surface area contributed by atoms with Gasteiger partial charge in [0.2, 0.25) is 0 Å². The number of carbonyl (C=O) groups is 1. The highest BCUT2D eigenvalue weighted by Crippen LogP contribution is 2.45. The zero-order chi connectivity index (χ0) is 20.3. The summed E-state index contributed by atoms with van der Waals surface area (Å²) in [7, 11) is 3.96. The van der Waals surface area contributed by atoms with Crippen molar-refractivity contribution in [3.63, 3.8) is 0 Å². The van der Waals surface area contributed by atoms with Crippen molar-refractivity contribution in [1.82, 2.24) is 9.29 Å². The van der Waals surface area contributed by atoms with Gasteiger partial charge in [-0.1, -0.05) is 0 Å². The van der Waals surface area contributed by atoms with E-state index in [0.717, 1.165) is 28.0 Å². The molecular formula is C21H25FN4OS. The van der Waals surface area contributed by atoms with Crippen LogP contribution in [0.25, 0.3) is 0 Å². The number of benzene rings is 1. The molecule has 2 heterocycles. The van der Waals surface area contributed by atoms with Crippen LogP contribution in [0.4, 0.5) is 10.1 Å². The van der Waals surface area contributed by atoms with E-state index in [0.29, 0.717) is 5.56 Å². The number of carbonyl (C=O) groups excluding carboxylic acids is 1. The fourth-order valence-corrected chi connectivity index (χ4v) is 4.44. The molecule has 148 valence electrons. The Morgan fingerprint density at radius 3 is 2.82 bits per heavy atom. The fourth-order valence-electron chi connectivity index (χ4n) is 3.72. The zero-order valence-corrected chi connectivity index (χ0v) is 17.1. The van der Waals surface area contributed by atoms with E-state index < -0.39 is 0 Å². The van der Waals surface area contributed by atoms with E-state index in [-0.39, 0.29) is 30.9 Å². The Morgan fingerprint density at radius 2 is 2.14 bits per heavy atom. The molecule has 2 aromatic rings. The van der Waals surface area contributed by atoms with E-state index in [2.05, 4.69) is 18.0 Å². The van der Waals surface area contributed by atoms with Gasteiger partial charge in [-0.2, -0.15) is 0 Å². The van der Waals surface area contributed by atoms with Crippen molar-refractivity contribution in [2.24, 2.45) is 5.73 Å². The molecule has 0 fully saturated rings. The van der Waals surface area contributed by atoms with Crippen molar-refractivity contribution in [3.8, 4) is 0 Å². The first-order valence-electron chi connectivity index (χ1n) is 9.15. The summed E-state index contributed by atoms with van der Waals surface area (Å²) in [6.07, 6.45) is 5.93. The lowest BCUT2D eigenvalue weighted by Crippen LogP contribution is -2.33. The predicted octanol–water partition coefficient (Wildman–Crippen LogP) is 3.62. The van der Waals surface area contributed by atoms with E-state index in [1.807, 2.05) is 47.8 Å². The van der Waals surface area contributed by atoms with Crippen molar-refractivity contribution < 1.29 is 9.18 Å². The van der Waals surface area contributed by atoms with Crippen LogP contribution in [0.3, 0.4) is 0 Å². The van der Waals surface area contributed by atoms with E-state index >= 15 is 0 Å². The largest absolute Gasteiger partial charge is 0.361 e. The van der Waals surface area contributed by atoms with Gasteiger partial charge in [0, 0.05) is 47.0 Å². The highest BCUT2D eigenvalue weighted by Gasteiger charge is 2.37. The van der Waals surface area contributed by atoms with E-state index in [1.54, 1.807) is 18.0 Å². The normalized spacial score (nSPS) is 19.2. The van der Waals surface area contributed by atoms with Crippen molar-refractivity contribution in [2.75, 3.05) is 32.1 Å². The molecule has 0 radical (unpaired) electrons. The first-order chi connectivity index (χ1) is 13.4. The number of nitrogens with two attached hydrogens (primary N) is 1. The average Bonchev–Trinajstić information content (AvgIpc) is 2.92. The Balaban J connectivity index is 2.04. The summed E-state index contributed by atoms with van der Waals surface area (Å²) in [6.45, 7) is 2.40. The molecule has 0 amide bonds. The monoisotopic (exact) mass is 400 g/mol. The number of rotatable bonds is 7. The standard InChI is InChI=1S/C21H25FN4OS/c1-14-21(16-9-18(11-24-10-16)28-25(2)3)19-8-15(13-27)4-5-20(19)26(14)12-17(22)6-7-23/h4-6,8-11,13-14,21H,7,12,23H2,1-3H3/b17-6-. The molecule has 2 unspecified atom stereocenters. The van der Waals surface area contributed by atoms with Crippen LogP contribution in [0.2, 0.25) is 0 Å². The molecule has 0 saturated carbocycles. The number of hydrogen-bond donors (Lipinski definition) is 1. The van der Waals surface area contributed by atoms with Crippen LogP contribution >= 0.6 is 11.9 Å². The van der Waals surface area contributed by atoms with Crippen LogP contribution in [-0.4, -0.2) is 48.8 Å². The van der Waals surface area contributed by atoms with Crippen LogP contribution in [0.15, 0.2) is 53.5 Å². The molecule has 0 bridgehead atoms. The lowest BCUT2D eigenvalue weighted by Gasteiger charge is -2.27. The summed E-state index contributed by atoms with van der Waals surface area (Å²) in [5.74, 6) is -0.258. The molecule has 1 aromatic heterocycles. The van der Waals surface area contributed by atoms with Gasteiger partial charge in [-0.25, -0.2) is 4.39 Å². The van der Waals surface area contributed by atoms with Gasteiger partial charge in [-0.05, 0) is 74.4 Å². The first-order valence-corrected chi connectivity index (χ1v) is 9.92. The predicted molar refractivity (Wildman–Crippen MR) is 113 cm³/mol. The summed E-state index contributed by atoms with van der Waals surface area (Å²) < 4.78 is 16.3. The van der Waals surface area contributed by atoms with Gasteiger partial charge < -0.3 is 10.6 Å². The van der Waals surface area contributed by atoms with Gasteiger partial charge in [-0.3, -0.25) is 14.1 Å². The second-order valence-electron chi connectivity index (χ2n) is 7.03. The van der Waals surface area contributed by atoms with Gasteiger partial charge in [0.1, 0.15) is 12.1 Å². The van der Waals surface area contributed by atoms with Gasteiger partial charge in [0.15, 0.2) is 0 Å². The summed E-state index contributed by atoms with van der Waals surface area (Å²) in [5, 5.41) is 0. The molecule has 2 N–H and O–H groups in total. The quantitative estimate of drug-likeness (QED) is 0.566. The lowest BCUT2D eigenvalue weighted by atomic mass is 9.89. The van der Waals surface area contributed by atoms with Crippen molar-refractivity contribution >= 4 is 23.9 Å². The number of anilines is 1. The molecule has 0 spiro atoms. The number of fused-ring (bicyclic) bond motifs is 1. The maximum atomic E-state index is 14.3. The third-order valence-electron chi connectivity index (χ3n) is 4.85. The molecular weight excluding hydrogens is 375 g/mol. The van der Waals surface area contributed by atoms with Crippen molar-refractivity contribution in [2.45, 2.75) is 23.8 Å². The number of halogens is 1. The molecule has 5 nitrogen and oxygen atoms in total. The Hall–Kier alpha value is -2.22. The molecule has 1 aromatic carbocycles. The Morgan fingerprint density at radius 1 is 1.36 bits per heavy atom. The average molecular weight is 401 g/mol. The Labute approximate surface area is 169 Å². The van der Waals surface area contributed by atoms with E-state index in [9.17, 15) is 9.18 Å². The van der Waals surface area contributed by atoms with Gasteiger partial charge in [-0.15, -0.1) is 0 Å². The highest BCUT2D eigenvalue weighted by atomic mass is 32.2. The molecule has 2 atom stereocenters. The minimum atomic E-state index is -0.254. The van der Waals surface area contributed by atoms with Crippen LogP contribution in [0.5, 0.6) is 0 Å². The summed E-state index contributed by atoms with van der Waals surface area (Å²) >= 11 is 1.60. The number of nitrogens with zero attached hydrogens (tertiary/aromatic N) is 3. The number of hydrogen-bond acceptors (Lipinski definition) is 6. The smallest absolute Gasteiger partial charge is 0.150 e. The summed E-state index contributed by atoms with van der Waals surface area (Å²) in [6, 6.07) is 7.70. The van der Waals surface area contributed by atoms with Gasteiger partial charge in [0.05, 0.1) is 6.54 Å². The van der Waals surface area contributed by atoms with Crippen LogP contribution in [-0.2, 0) is 0 Å². The molecule has 1 aliphatic heterocycles. The highest BCUT2D eigenvalue weighted by molar-refractivity contribution is 7.97. The van der Waals surface area contributed by atoms with Gasteiger partial charge >= 0.3 is 0 Å². The Kier molecular flexibility index (Phi) is 6.49. The molecule has 3 rings (SSSR count). The van der Waals surface area contributed by atoms with Gasteiger partial charge in [0.25, 0.3) is 0 Å². The van der Waals surface area contributed by atoms with Crippen molar-refractivity contribution in [3.05, 3.63) is 65.3 Å². The molecule has 0 saturated heterocycles. The SMILES string of the molecule is CC1C(c2cncc(SN(C)C)c2)c2cc(C=O)ccc2N1C/C(F)=C/CN. The minimum Gasteiger partial charge on any atom is -0.361 e. The van der Waals surface area contributed by atoms with E-state index in [1.165, 1.54) is 6.08 Å². The molecule has 28 heavy (non-hydrogen) atoms. The number of aldehydes is 1. The fraction of sp³-hybridized carbons (Fsp3) is 0.333. The topological polar surface area (TPSA) is 62.5 Å². The molecule has 0 aliphatic carbocycles. The maximum absolute atomic E-state index is 14.3. The van der Waals surface area contributed by atoms with Crippen LogP contribution < -0.4 is 10.6 Å². The second-order valence-corrected chi connectivity index (χ2v) is 8.41. The molecule has 7 heteroatoms. The summed E-state index contributed by atoms with van der Waals surface area (Å²) in [4.78, 5) is 18.8. The van der Waals surface area contributed by atoms with Crippen molar-refractivity contribution in [1.29, 1.82) is 0 Å². The van der Waals surface area contributed by atoms with Crippen LogP contribution in [0, 0.1) is 0 Å². The second kappa shape index (κ2) is 8.86. The Bertz CT molecular complexity index is 886. The molecule has 1 aliphatic rings.